The fourth-order valence-corrected chi connectivity index (χ4v) is 2.04. The minimum Gasteiger partial charge on any atom is -0.497 e. The van der Waals surface area contributed by atoms with Gasteiger partial charge in [-0.2, -0.15) is 0 Å². The van der Waals surface area contributed by atoms with E-state index in [9.17, 15) is 14.4 Å². The van der Waals surface area contributed by atoms with Crippen LogP contribution in [0.1, 0.15) is 34.1 Å². The first-order chi connectivity index (χ1) is 11.1. The monoisotopic (exact) mass is 311 g/mol. The Morgan fingerprint density at radius 1 is 1.00 bits per heavy atom. The molecule has 23 heavy (non-hydrogen) atoms. The van der Waals surface area contributed by atoms with Crippen LogP contribution in [0.4, 0.5) is 5.69 Å². The van der Waals surface area contributed by atoms with Gasteiger partial charge in [-0.05, 0) is 36.4 Å². The third-order valence-electron chi connectivity index (χ3n) is 3.35. The van der Waals surface area contributed by atoms with E-state index in [1.807, 2.05) is 0 Å². The molecule has 2 aromatic carbocycles. The van der Waals surface area contributed by atoms with Crippen molar-refractivity contribution in [3.05, 3.63) is 59.7 Å². The van der Waals surface area contributed by atoms with Crippen molar-refractivity contribution in [1.82, 2.24) is 0 Å². The van der Waals surface area contributed by atoms with Crippen molar-refractivity contribution in [3.63, 3.8) is 0 Å². The maximum absolute atomic E-state index is 12.3. The summed E-state index contributed by atoms with van der Waals surface area (Å²) in [6.45, 7) is 1.62. The number of anilines is 1. The summed E-state index contributed by atoms with van der Waals surface area (Å²) in [6, 6.07) is 13.1. The van der Waals surface area contributed by atoms with E-state index in [2.05, 4.69) is 5.32 Å². The van der Waals surface area contributed by atoms with Crippen molar-refractivity contribution in [2.24, 2.45) is 0 Å². The Morgan fingerprint density at radius 3 is 2.26 bits per heavy atom. The van der Waals surface area contributed by atoms with Gasteiger partial charge in [0.1, 0.15) is 5.75 Å². The molecule has 0 atom stereocenters. The predicted molar refractivity (Wildman–Crippen MR) is 87.0 cm³/mol. The van der Waals surface area contributed by atoms with Crippen LogP contribution in [0.3, 0.4) is 0 Å². The normalized spacial score (nSPS) is 10.0. The molecule has 118 valence electrons. The summed E-state index contributed by atoms with van der Waals surface area (Å²) < 4.78 is 5.04. The number of carbonyl (C=O) groups excluding carboxylic acids is 3. The third-order valence-corrected chi connectivity index (χ3v) is 3.35. The van der Waals surface area contributed by atoms with E-state index in [1.54, 1.807) is 56.5 Å². The highest BCUT2D eigenvalue weighted by Gasteiger charge is 2.18. The zero-order chi connectivity index (χ0) is 16.8. The Bertz CT molecular complexity index is 735. The van der Waals surface area contributed by atoms with Crippen molar-refractivity contribution in [3.8, 4) is 5.75 Å². The van der Waals surface area contributed by atoms with E-state index >= 15 is 0 Å². The van der Waals surface area contributed by atoms with Crippen LogP contribution in [0.5, 0.6) is 5.75 Å². The summed E-state index contributed by atoms with van der Waals surface area (Å²) in [6.07, 6.45) is 0.125. The lowest BCUT2D eigenvalue weighted by Crippen LogP contribution is -2.18. The number of ether oxygens (including phenoxy) is 1. The molecular formula is C18H17NO4. The van der Waals surface area contributed by atoms with Gasteiger partial charge in [0.2, 0.25) is 11.6 Å². The lowest BCUT2D eigenvalue weighted by molar-refractivity contribution is -0.114. The van der Waals surface area contributed by atoms with Crippen LogP contribution >= 0.6 is 0 Å². The van der Waals surface area contributed by atoms with Crippen molar-refractivity contribution in [1.29, 1.82) is 0 Å². The fourth-order valence-electron chi connectivity index (χ4n) is 2.04. The average Bonchev–Trinajstić information content (AvgIpc) is 2.60. The Balaban J connectivity index is 2.24. The molecule has 0 aliphatic heterocycles. The van der Waals surface area contributed by atoms with Crippen molar-refractivity contribution < 1.29 is 19.1 Å². The quantitative estimate of drug-likeness (QED) is 0.657. The van der Waals surface area contributed by atoms with E-state index in [0.717, 1.165) is 0 Å². The second-order valence-corrected chi connectivity index (χ2v) is 4.83. The van der Waals surface area contributed by atoms with Crippen LogP contribution in [0.15, 0.2) is 48.5 Å². The minimum atomic E-state index is -0.599. The molecule has 0 aliphatic rings. The van der Waals surface area contributed by atoms with Crippen molar-refractivity contribution >= 4 is 23.2 Å². The highest BCUT2D eigenvalue weighted by Crippen LogP contribution is 2.19. The first-order valence-electron chi connectivity index (χ1n) is 7.18. The molecule has 0 aromatic heterocycles. The van der Waals surface area contributed by atoms with Crippen LogP contribution in [-0.4, -0.2) is 24.6 Å². The zero-order valence-electron chi connectivity index (χ0n) is 13.0. The smallest absolute Gasteiger partial charge is 0.255 e. The highest BCUT2D eigenvalue weighted by molar-refractivity contribution is 6.44. The van der Waals surface area contributed by atoms with Gasteiger partial charge in [-0.1, -0.05) is 19.1 Å². The van der Waals surface area contributed by atoms with E-state index < -0.39 is 11.6 Å². The Hall–Kier alpha value is -2.95. The Kier molecular flexibility index (Phi) is 5.25. The second-order valence-electron chi connectivity index (χ2n) is 4.83. The van der Waals surface area contributed by atoms with Crippen LogP contribution in [0.2, 0.25) is 0 Å². The van der Waals surface area contributed by atoms with Crippen LogP contribution < -0.4 is 10.1 Å². The number of amides is 1. The molecule has 2 aromatic rings. The molecule has 0 heterocycles. The maximum Gasteiger partial charge on any atom is 0.255 e. The number of hydrogen-bond donors (Lipinski definition) is 1. The molecule has 0 saturated heterocycles. The summed E-state index contributed by atoms with van der Waals surface area (Å²) in [5.74, 6) is -0.809. The third kappa shape index (κ3) is 3.83. The number of carbonyl (C=O) groups is 3. The number of para-hydroxylation sites is 1. The molecule has 1 N–H and O–H groups in total. The number of rotatable bonds is 6. The van der Waals surface area contributed by atoms with E-state index in [-0.39, 0.29) is 17.9 Å². The molecule has 5 heteroatoms. The summed E-state index contributed by atoms with van der Waals surface area (Å²) >= 11 is 0. The first-order valence-corrected chi connectivity index (χ1v) is 7.18. The van der Waals surface area contributed by atoms with E-state index in [1.165, 1.54) is 6.07 Å². The molecule has 0 fully saturated rings. The average molecular weight is 311 g/mol. The van der Waals surface area contributed by atoms with Crippen LogP contribution in [0.25, 0.3) is 0 Å². The number of nitrogens with one attached hydrogen (secondary N) is 1. The maximum atomic E-state index is 12.3. The molecule has 5 nitrogen and oxygen atoms in total. The molecule has 0 bridgehead atoms. The SMILES string of the molecule is CCC(=O)C(=O)c1ccccc1NC(=O)c1ccc(OC)cc1. The number of benzene rings is 2. The first kappa shape index (κ1) is 16.4. The fraction of sp³-hybridized carbons (Fsp3) is 0.167. The molecule has 0 spiro atoms. The Morgan fingerprint density at radius 2 is 1.65 bits per heavy atom. The molecule has 2 rings (SSSR count). The molecule has 0 aliphatic carbocycles. The largest absolute Gasteiger partial charge is 0.497 e. The van der Waals surface area contributed by atoms with Gasteiger partial charge in [-0.3, -0.25) is 14.4 Å². The topological polar surface area (TPSA) is 72.5 Å². The van der Waals surface area contributed by atoms with Gasteiger partial charge < -0.3 is 10.1 Å². The van der Waals surface area contributed by atoms with Gasteiger partial charge in [-0.15, -0.1) is 0 Å². The lowest BCUT2D eigenvalue weighted by Gasteiger charge is -2.10. The number of methoxy groups -OCH3 is 1. The van der Waals surface area contributed by atoms with Gasteiger partial charge in [0.15, 0.2) is 0 Å². The summed E-state index contributed by atoms with van der Waals surface area (Å²) in [7, 11) is 1.54. The molecule has 0 unspecified atom stereocenters. The van der Waals surface area contributed by atoms with Gasteiger partial charge in [-0.25, -0.2) is 0 Å². The molecule has 1 amide bonds. The number of Topliss-reactive ketones (excluding diaryl/α,β-unsaturated/α-hetero) is 2. The van der Waals surface area contributed by atoms with E-state index in [0.29, 0.717) is 17.0 Å². The summed E-state index contributed by atoms with van der Waals surface area (Å²) in [5, 5.41) is 2.67. The molecule has 0 radical (unpaired) electrons. The van der Waals surface area contributed by atoms with Gasteiger partial charge >= 0.3 is 0 Å². The van der Waals surface area contributed by atoms with Crippen molar-refractivity contribution in [2.45, 2.75) is 13.3 Å². The van der Waals surface area contributed by atoms with Gasteiger partial charge in [0, 0.05) is 17.5 Å². The standard InChI is InChI=1S/C18H17NO4/c1-3-16(20)17(21)14-6-4-5-7-15(14)19-18(22)12-8-10-13(23-2)11-9-12/h4-11H,3H2,1-2H3,(H,19,22). The van der Waals surface area contributed by atoms with Crippen molar-refractivity contribution in [2.75, 3.05) is 12.4 Å². The second kappa shape index (κ2) is 7.35. The summed E-state index contributed by atoms with van der Waals surface area (Å²) in [4.78, 5) is 36.0. The number of hydrogen-bond acceptors (Lipinski definition) is 4. The van der Waals surface area contributed by atoms with Crippen LogP contribution in [0, 0.1) is 0 Å². The predicted octanol–water partition coefficient (Wildman–Crippen LogP) is 3.11. The van der Waals surface area contributed by atoms with Gasteiger partial charge in [0.05, 0.1) is 12.8 Å². The molecular weight excluding hydrogens is 294 g/mol. The molecule has 0 saturated carbocycles. The highest BCUT2D eigenvalue weighted by atomic mass is 16.5. The summed E-state index contributed by atoms with van der Waals surface area (Å²) in [5.41, 5.74) is 0.941. The Labute approximate surface area is 134 Å². The minimum absolute atomic E-state index is 0.125. The van der Waals surface area contributed by atoms with Gasteiger partial charge in [0.25, 0.3) is 5.91 Å². The zero-order valence-corrected chi connectivity index (χ0v) is 13.0. The van der Waals surface area contributed by atoms with E-state index in [4.69, 9.17) is 4.74 Å². The number of ketones is 2. The van der Waals surface area contributed by atoms with Crippen LogP contribution in [-0.2, 0) is 4.79 Å². The lowest BCUT2D eigenvalue weighted by atomic mass is 10.0.